The Kier molecular flexibility index (Phi) is 10.2. The molecule has 0 spiro atoms. The summed E-state index contributed by atoms with van der Waals surface area (Å²) in [6.07, 6.45) is 1.84. The number of nitrogens with zero attached hydrogens (tertiary/aromatic N) is 5. The topological polar surface area (TPSA) is 116 Å². The fraction of sp³-hybridized carbons (Fsp3) is 0.733. The van der Waals surface area contributed by atoms with E-state index in [1.54, 1.807) is 17.6 Å². The maximum Gasteiger partial charge on any atom is 0.335 e. The minimum atomic E-state index is -2.91. The summed E-state index contributed by atoms with van der Waals surface area (Å²) in [7, 11) is -3.73. The zero-order chi connectivity index (χ0) is 32.8. The number of hydrogen-bond donors (Lipinski definition) is 1. The van der Waals surface area contributed by atoms with Gasteiger partial charge in [-0.05, 0) is 22.2 Å². The first-order valence-electron chi connectivity index (χ1n) is 15.8. The molecule has 2 aromatic heterocycles. The van der Waals surface area contributed by atoms with Gasteiger partial charge in [-0.2, -0.15) is 4.98 Å². The number of fused-ring (bicyclic) bond motifs is 2. The molecule has 4 rings (SSSR count). The van der Waals surface area contributed by atoms with Crippen LogP contribution in [-0.4, -0.2) is 88.9 Å². The first-order valence-corrected chi connectivity index (χ1v) is 23.2. The number of hydrogen-bond acceptors (Lipinski definition) is 8. The largest absolute Gasteiger partial charge is 0.414 e. The van der Waals surface area contributed by atoms with Crippen LogP contribution in [0.25, 0.3) is 11.2 Å². The molecule has 0 amide bonds. The van der Waals surface area contributed by atoms with Crippen molar-refractivity contribution < 1.29 is 17.7 Å². The normalized spacial score (nSPS) is 25.5. The van der Waals surface area contributed by atoms with E-state index in [0.717, 1.165) is 0 Å². The number of ether oxygens (including phenoxy) is 1. The second-order valence-electron chi connectivity index (χ2n) is 14.6. The summed E-state index contributed by atoms with van der Waals surface area (Å²) in [6, 6.07) is 0. The number of nitrogens with one attached hydrogen (secondary N) is 1. The minimum absolute atomic E-state index is 0.172. The predicted molar refractivity (Wildman–Crippen MR) is 182 cm³/mol. The van der Waals surface area contributed by atoms with Crippen molar-refractivity contribution in [1.29, 1.82) is 0 Å². The van der Waals surface area contributed by atoms with Gasteiger partial charge in [0, 0.05) is 14.1 Å². The van der Waals surface area contributed by atoms with Crippen LogP contribution >= 0.6 is 0 Å². The van der Waals surface area contributed by atoms with Crippen LogP contribution in [0.5, 0.6) is 0 Å². The number of aliphatic imine (C=N–C) groups is 1. The van der Waals surface area contributed by atoms with Crippen molar-refractivity contribution in [3.05, 3.63) is 16.7 Å². The summed E-state index contributed by atoms with van der Waals surface area (Å²) in [5.41, 5.74) is 4.62. The molecule has 1 N–H and O–H groups in total. The molecule has 2 aliphatic heterocycles. The van der Waals surface area contributed by atoms with E-state index in [9.17, 15) is 4.79 Å². The van der Waals surface area contributed by atoms with Crippen LogP contribution in [0.15, 0.2) is 16.1 Å². The molecule has 0 aromatic carbocycles. The van der Waals surface area contributed by atoms with Gasteiger partial charge in [0.25, 0.3) is 5.56 Å². The molecule has 0 saturated carbocycles. The molecule has 4 atom stereocenters. The van der Waals surface area contributed by atoms with Gasteiger partial charge in [-0.1, -0.05) is 81.0 Å². The van der Waals surface area contributed by atoms with E-state index in [4.69, 9.17) is 17.7 Å². The number of aromatic nitrogens is 4. The van der Waals surface area contributed by atoms with E-state index in [1.807, 2.05) is 18.7 Å². The second-order valence-corrected chi connectivity index (χ2v) is 28.2. The Balaban J connectivity index is 1.91. The predicted octanol–water partition coefficient (Wildman–Crippen LogP) is 5.69. The quantitative estimate of drug-likeness (QED) is 0.174. The summed E-state index contributed by atoms with van der Waals surface area (Å²) < 4.78 is 30.6. The lowest BCUT2D eigenvalue weighted by molar-refractivity contribution is -0.0547. The monoisotopic (exact) mass is 660 g/mol. The fourth-order valence-corrected chi connectivity index (χ4v) is 18.0. The molecule has 2 aromatic rings. The number of rotatable bonds is 7. The smallest absolute Gasteiger partial charge is 0.335 e. The molecule has 2 aliphatic rings. The molecule has 4 heterocycles. The Labute approximate surface area is 265 Å². The zero-order valence-electron chi connectivity index (χ0n) is 28.8. The number of aromatic amines is 1. The SMILES string of the molecule is CC(C)[Si]1(C(C)C)OC[C@H]2O[C@@H](n3cnc4c(=O)[nH]c(/N=C/N(C)C)nc43)[C@@H](C#C[Si](C)(C)C)[C@@H]2O[Si](C(C)C)(C(C)C)O1. The van der Waals surface area contributed by atoms with Crippen molar-refractivity contribution in [3.63, 3.8) is 0 Å². The van der Waals surface area contributed by atoms with Crippen LogP contribution in [0.4, 0.5) is 5.95 Å². The lowest BCUT2D eigenvalue weighted by Crippen LogP contribution is -2.65. The number of imidazole rings is 1. The standard InChI is InChI=1S/C30H52N6O5Si3/c1-19(2)43(20(3)4)38-16-24-26(40-44(41-43,21(5)6)22(7)8)23(14-15-42(11,12)13)29(39-24)36-18-31-25-27(36)33-30(34-28(25)37)32-17-35(9)10/h17-24,26,29H,16H2,1-13H3,(H,33,34,37)/b32-17+/t23-,24+,26-,29+/m0/s1. The summed E-state index contributed by atoms with van der Waals surface area (Å²) >= 11 is 0. The molecule has 0 bridgehead atoms. The average molecular weight is 661 g/mol. The third-order valence-corrected chi connectivity index (χ3v) is 19.5. The van der Waals surface area contributed by atoms with Crippen molar-refractivity contribution in [3.8, 4) is 11.5 Å². The lowest BCUT2D eigenvalue weighted by atomic mass is 10.0. The van der Waals surface area contributed by atoms with E-state index in [1.165, 1.54) is 0 Å². The highest BCUT2D eigenvalue weighted by atomic mass is 28.5. The second kappa shape index (κ2) is 12.9. The van der Waals surface area contributed by atoms with Crippen LogP contribution in [0.1, 0.15) is 61.6 Å². The molecule has 0 unspecified atom stereocenters. The van der Waals surface area contributed by atoms with Gasteiger partial charge in [-0.3, -0.25) is 14.3 Å². The van der Waals surface area contributed by atoms with Gasteiger partial charge in [0.05, 0.1) is 31.3 Å². The molecule has 2 fully saturated rings. The van der Waals surface area contributed by atoms with Crippen LogP contribution in [0, 0.1) is 17.4 Å². The Morgan fingerprint density at radius 2 is 1.68 bits per heavy atom. The molecule has 244 valence electrons. The van der Waals surface area contributed by atoms with Crippen LogP contribution in [0.3, 0.4) is 0 Å². The van der Waals surface area contributed by atoms with Crippen LogP contribution in [0.2, 0.25) is 41.8 Å². The number of H-pyrrole nitrogens is 1. The molecule has 0 radical (unpaired) electrons. The lowest BCUT2D eigenvalue weighted by Gasteiger charge is -2.51. The Morgan fingerprint density at radius 3 is 2.23 bits per heavy atom. The van der Waals surface area contributed by atoms with Gasteiger partial charge in [0.15, 0.2) is 17.4 Å². The van der Waals surface area contributed by atoms with E-state index in [-0.39, 0.29) is 51.2 Å². The fourth-order valence-electron chi connectivity index (χ4n) is 6.18. The Hall–Kier alpha value is -2.13. The zero-order valence-corrected chi connectivity index (χ0v) is 31.8. The van der Waals surface area contributed by atoms with Gasteiger partial charge < -0.3 is 22.6 Å². The van der Waals surface area contributed by atoms with E-state index in [0.29, 0.717) is 12.3 Å². The molecule has 14 heteroatoms. The third kappa shape index (κ3) is 6.69. The van der Waals surface area contributed by atoms with Crippen molar-refractivity contribution >= 4 is 48.6 Å². The minimum Gasteiger partial charge on any atom is -0.414 e. The maximum atomic E-state index is 13.0. The van der Waals surface area contributed by atoms with Crippen molar-refractivity contribution in [2.75, 3.05) is 20.7 Å². The highest BCUT2D eigenvalue weighted by molar-refractivity contribution is 6.84. The maximum absolute atomic E-state index is 13.0. The van der Waals surface area contributed by atoms with Gasteiger partial charge in [0.2, 0.25) is 5.95 Å². The molecule has 2 saturated heterocycles. The van der Waals surface area contributed by atoms with E-state index in [2.05, 4.69) is 106 Å². The Morgan fingerprint density at radius 1 is 1.07 bits per heavy atom. The van der Waals surface area contributed by atoms with Crippen LogP contribution in [-0.2, 0) is 17.7 Å². The van der Waals surface area contributed by atoms with Crippen molar-refractivity contribution in [1.82, 2.24) is 24.4 Å². The molecule has 44 heavy (non-hydrogen) atoms. The van der Waals surface area contributed by atoms with Crippen LogP contribution < -0.4 is 5.56 Å². The summed E-state index contributed by atoms with van der Waals surface area (Å²) in [5, 5.41) is 0. The third-order valence-electron chi connectivity index (χ3n) is 8.39. The molecule has 11 nitrogen and oxygen atoms in total. The van der Waals surface area contributed by atoms with E-state index >= 15 is 0 Å². The molecule has 0 aliphatic carbocycles. The van der Waals surface area contributed by atoms with Crippen molar-refractivity contribution in [2.24, 2.45) is 10.9 Å². The summed E-state index contributed by atoms with van der Waals surface area (Å²) in [6.45, 7) is 24.7. The van der Waals surface area contributed by atoms with Crippen molar-refractivity contribution in [2.45, 2.75) is 116 Å². The van der Waals surface area contributed by atoms with Gasteiger partial charge in [-0.15, -0.1) is 5.54 Å². The van der Waals surface area contributed by atoms with Gasteiger partial charge in [-0.25, -0.2) is 9.98 Å². The molecular weight excluding hydrogens is 609 g/mol. The van der Waals surface area contributed by atoms with E-state index < -0.39 is 37.5 Å². The highest BCUT2D eigenvalue weighted by Gasteiger charge is 2.61. The first-order chi connectivity index (χ1) is 20.4. The highest BCUT2D eigenvalue weighted by Crippen LogP contribution is 2.49. The molecular formula is C30H52N6O5Si3. The average Bonchev–Trinajstić information content (AvgIpc) is 3.46. The summed E-state index contributed by atoms with van der Waals surface area (Å²) in [5.74, 6) is 3.44. The van der Waals surface area contributed by atoms with Gasteiger partial charge in [0.1, 0.15) is 14.2 Å². The van der Waals surface area contributed by atoms with Gasteiger partial charge >= 0.3 is 17.1 Å². The Bertz CT molecular complexity index is 1450. The summed E-state index contributed by atoms with van der Waals surface area (Å²) in [4.78, 5) is 31.0. The first kappa shape index (κ1) is 34.7.